The average molecular weight is 1040 g/mol. The summed E-state index contributed by atoms with van der Waals surface area (Å²) in [5.74, 6) is 0.483. The molecule has 7 aromatic rings. The summed E-state index contributed by atoms with van der Waals surface area (Å²) < 4.78 is 6.93. The zero-order chi connectivity index (χ0) is 55.5. The number of hydrogen-bond acceptors (Lipinski definition) is 3. The minimum atomic E-state index is 0.0405. The van der Waals surface area contributed by atoms with E-state index < -0.39 is 0 Å². The molecule has 0 saturated heterocycles. The Morgan fingerprint density at radius 2 is 0.718 bits per heavy atom. The molecule has 1 saturated carbocycles. The van der Waals surface area contributed by atoms with Crippen molar-refractivity contribution >= 4 is 56.1 Å². The van der Waals surface area contributed by atoms with Gasteiger partial charge >= 0.3 is 0 Å². The van der Waals surface area contributed by atoms with Crippen molar-refractivity contribution < 1.29 is 4.42 Å². The Morgan fingerprint density at radius 1 is 0.333 bits per heavy atom. The Morgan fingerprint density at radius 3 is 1.22 bits per heavy atom. The summed E-state index contributed by atoms with van der Waals surface area (Å²) in [5, 5.41) is 2.41. The average Bonchev–Trinajstić information content (AvgIpc) is 3.53. The van der Waals surface area contributed by atoms with E-state index in [1.807, 2.05) is 0 Å². The first-order valence-corrected chi connectivity index (χ1v) is 30.7. The molecule has 12 rings (SSSR count). The molecule has 1 fully saturated rings. The number of aryl methyl sites for hydroxylation is 1. The summed E-state index contributed by atoms with van der Waals surface area (Å²) in [6.07, 6.45) is 15.8. The van der Waals surface area contributed by atoms with E-state index in [4.69, 9.17) is 4.42 Å². The third-order valence-corrected chi connectivity index (χ3v) is 21.8. The van der Waals surface area contributed by atoms with Gasteiger partial charge < -0.3 is 14.2 Å². The summed E-state index contributed by atoms with van der Waals surface area (Å²) in [4.78, 5) is 5.34. The van der Waals surface area contributed by atoms with Gasteiger partial charge in [0.25, 0.3) is 0 Å². The second kappa shape index (κ2) is 17.9. The SMILES string of the molecule is Cc1cc2c(cc1N(c1cc(C3CCCCC3)cc(N(c3ccc4c(c3)C(C)(C)CCC4(C)C)c3ccc4c(c3)C(C)(C)CCC4(C)C)c1)c1ccc3oc4cc5c(cc4c3c1)C(C)(C)CCC5(C)C)C(C)(C)CCC2(C)C. The van der Waals surface area contributed by atoms with Crippen molar-refractivity contribution in [3.8, 4) is 0 Å². The van der Waals surface area contributed by atoms with E-state index in [-0.39, 0.29) is 43.3 Å². The second-order valence-corrected chi connectivity index (χ2v) is 31.2. The van der Waals surface area contributed by atoms with Gasteiger partial charge in [0.1, 0.15) is 11.2 Å². The molecule has 0 spiro atoms. The van der Waals surface area contributed by atoms with Gasteiger partial charge in [-0.3, -0.25) is 0 Å². The van der Waals surface area contributed by atoms with E-state index in [1.54, 1.807) is 0 Å². The van der Waals surface area contributed by atoms with Crippen LogP contribution >= 0.6 is 0 Å². The van der Waals surface area contributed by atoms with Gasteiger partial charge in [-0.25, -0.2) is 0 Å². The highest BCUT2D eigenvalue weighted by Crippen LogP contribution is 2.55. The molecule has 410 valence electrons. The Kier molecular flexibility index (Phi) is 12.2. The quantitative estimate of drug-likeness (QED) is 0.159. The molecule has 6 aromatic carbocycles. The minimum absolute atomic E-state index is 0.0405. The Balaban J connectivity index is 1.15. The minimum Gasteiger partial charge on any atom is -0.456 e. The summed E-state index contributed by atoms with van der Waals surface area (Å²) in [5.41, 5.74) is 24.7. The maximum atomic E-state index is 6.93. The predicted octanol–water partition coefficient (Wildman–Crippen LogP) is 22.3. The van der Waals surface area contributed by atoms with Gasteiger partial charge in [-0.05, 0) is 255 Å². The number of anilines is 6. The van der Waals surface area contributed by atoms with Gasteiger partial charge in [0.2, 0.25) is 0 Å². The highest BCUT2D eigenvalue weighted by molar-refractivity contribution is 6.07. The molecule has 1 heterocycles. The Bertz CT molecular complexity index is 3460. The van der Waals surface area contributed by atoms with Crippen LogP contribution in [0.5, 0.6) is 0 Å². The first-order valence-electron chi connectivity index (χ1n) is 30.7. The van der Waals surface area contributed by atoms with Crippen molar-refractivity contribution in [1.29, 1.82) is 0 Å². The fourth-order valence-corrected chi connectivity index (χ4v) is 15.8. The van der Waals surface area contributed by atoms with Crippen molar-refractivity contribution in [2.75, 3.05) is 9.80 Å². The van der Waals surface area contributed by atoms with Crippen LogP contribution in [0.3, 0.4) is 0 Å². The zero-order valence-electron chi connectivity index (χ0n) is 51.3. The summed E-state index contributed by atoms with van der Waals surface area (Å²) in [6.45, 7) is 41.8. The van der Waals surface area contributed by atoms with Crippen LogP contribution in [0.1, 0.15) is 256 Å². The molecule has 0 amide bonds. The van der Waals surface area contributed by atoms with Crippen LogP contribution in [0.15, 0.2) is 101 Å². The Hall–Kier alpha value is -5.28. The van der Waals surface area contributed by atoms with E-state index in [1.165, 1.54) is 184 Å². The van der Waals surface area contributed by atoms with Crippen molar-refractivity contribution in [2.45, 2.75) is 250 Å². The van der Waals surface area contributed by atoms with Crippen LogP contribution in [0, 0.1) is 6.92 Å². The second-order valence-electron chi connectivity index (χ2n) is 31.2. The lowest BCUT2D eigenvalue weighted by atomic mass is 9.63. The number of benzene rings is 6. The summed E-state index contributed by atoms with van der Waals surface area (Å²) in [6, 6.07) is 40.2. The van der Waals surface area contributed by atoms with Crippen LogP contribution < -0.4 is 9.80 Å². The zero-order valence-corrected chi connectivity index (χ0v) is 51.3. The fraction of sp³-hybridized carbons (Fsp3) is 0.520. The Labute approximate surface area is 471 Å². The van der Waals surface area contributed by atoms with Gasteiger partial charge in [-0.15, -0.1) is 0 Å². The van der Waals surface area contributed by atoms with Crippen LogP contribution in [-0.4, -0.2) is 0 Å². The molecule has 78 heavy (non-hydrogen) atoms. The third-order valence-electron chi connectivity index (χ3n) is 21.8. The highest BCUT2D eigenvalue weighted by Gasteiger charge is 2.42. The third kappa shape index (κ3) is 8.79. The normalized spacial score (nSPS) is 22.0. The van der Waals surface area contributed by atoms with E-state index in [9.17, 15) is 0 Å². The molecule has 1 aromatic heterocycles. The van der Waals surface area contributed by atoms with Gasteiger partial charge in [-0.2, -0.15) is 0 Å². The van der Waals surface area contributed by atoms with E-state index >= 15 is 0 Å². The molecule has 0 N–H and O–H groups in total. The van der Waals surface area contributed by atoms with Crippen molar-refractivity contribution in [3.05, 3.63) is 153 Å². The van der Waals surface area contributed by atoms with Crippen molar-refractivity contribution in [2.24, 2.45) is 0 Å². The van der Waals surface area contributed by atoms with Crippen LogP contribution in [-0.2, 0) is 43.3 Å². The van der Waals surface area contributed by atoms with Crippen LogP contribution in [0.4, 0.5) is 34.1 Å². The monoisotopic (exact) mass is 1040 g/mol. The molecule has 0 aliphatic heterocycles. The number of rotatable bonds is 7. The number of fused-ring (bicyclic) bond motifs is 7. The molecule has 5 aliphatic rings. The lowest BCUT2D eigenvalue weighted by Crippen LogP contribution is -2.34. The van der Waals surface area contributed by atoms with E-state index in [2.05, 4.69) is 225 Å². The molecule has 3 nitrogen and oxygen atoms in total. The highest BCUT2D eigenvalue weighted by atomic mass is 16.3. The lowest BCUT2D eigenvalue weighted by molar-refractivity contribution is 0.332. The largest absolute Gasteiger partial charge is 0.456 e. The molecule has 0 radical (unpaired) electrons. The van der Waals surface area contributed by atoms with E-state index in [0.717, 1.165) is 11.2 Å². The molecule has 5 aliphatic carbocycles. The molecule has 0 unspecified atom stereocenters. The number of hydrogen-bond donors (Lipinski definition) is 0. The maximum absolute atomic E-state index is 6.93. The molecular formula is C75H94N2O. The molecular weight excluding hydrogens is 945 g/mol. The number of nitrogens with zero attached hydrogens (tertiary/aromatic N) is 2. The summed E-state index contributed by atoms with van der Waals surface area (Å²) >= 11 is 0. The van der Waals surface area contributed by atoms with E-state index in [0.29, 0.717) is 5.92 Å². The van der Waals surface area contributed by atoms with Crippen LogP contribution in [0.25, 0.3) is 21.9 Å². The maximum Gasteiger partial charge on any atom is 0.135 e. The van der Waals surface area contributed by atoms with Crippen molar-refractivity contribution in [1.82, 2.24) is 0 Å². The fourth-order valence-electron chi connectivity index (χ4n) is 15.8. The topological polar surface area (TPSA) is 19.6 Å². The molecule has 0 bridgehead atoms. The molecule has 3 heteroatoms. The van der Waals surface area contributed by atoms with Gasteiger partial charge in [-0.1, -0.05) is 148 Å². The first kappa shape index (κ1) is 53.4. The van der Waals surface area contributed by atoms with Crippen LogP contribution in [0.2, 0.25) is 0 Å². The molecule has 0 atom stereocenters. The predicted molar refractivity (Wildman–Crippen MR) is 335 cm³/mol. The first-order chi connectivity index (χ1) is 36.5. The summed E-state index contributed by atoms with van der Waals surface area (Å²) in [7, 11) is 0. The van der Waals surface area contributed by atoms with Gasteiger partial charge in [0, 0.05) is 44.9 Å². The number of furan rings is 1. The van der Waals surface area contributed by atoms with Crippen molar-refractivity contribution in [3.63, 3.8) is 0 Å². The van der Waals surface area contributed by atoms with Gasteiger partial charge in [0.05, 0.1) is 0 Å². The van der Waals surface area contributed by atoms with Gasteiger partial charge in [0.15, 0.2) is 0 Å². The lowest BCUT2D eigenvalue weighted by Gasteiger charge is -2.43. The standard InChI is InChI=1S/C75H94N2O/c1-47-37-59-63(74(14,15)35-33-70(59,6)7)45-65(47)77(50-25-28-66-55(41-50)56-44-62-64(46-67(56)78-66)75(16,17)36-34-73(62,12)13)54-39-49(48-21-19-18-20-22-48)38-53(40-54)76(51-23-26-57-60(42-51)71(8,9)31-29-68(57,2)3)52-24-27-58-61(43-52)72(10,11)32-30-69(58,4)5/h23-28,37-46,48H,18-22,29-36H2,1-17H3. The smallest absolute Gasteiger partial charge is 0.135 e.